The van der Waals surface area contributed by atoms with E-state index in [1.54, 1.807) is 0 Å². The lowest BCUT2D eigenvalue weighted by Gasteiger charge is -2.33. The molecule has 1 aliphatic carbocycles. The van der Waals surface area contributed by atoms with E-state index >= 15 is 0 Å². The Labute approximate surface area is 92.2 Å². The van der Waals surface area contributed by atoms with Crippen molar-refractivity contribution in [2.24, 2.45) is 5.92 Å². The molecule has 1 N–H and O–H groups in total. The van der Waals surface area contributed by atoms with Gasteiger partial charge in [-0.3, -0.25) is 4.79 Å². The van der Waals surface area contributed by atoms with Crippen LogP contribution in [0.5, 0.6) is 0 Å². The van der Waals surface area contributed by atoms with Gasteiger partial charge < -0.3 is 10.2 Å². The molecule has 0 radical (unpaired) electrons. The van der Waals surface area contributed by atoms with E-state index in [1.807, 2.05) is 0 Å². The largest absolute Gasteiger partial charge is 0.353 e. The first-order valence-corrected chi connectivity index (χ1v) is 6.32. The molecule has 1 amide bonds. The van der Waals surface area contributed by atoms with Crippen LogP contribution >= 0.6 is 0 Å². The molecule has 3 heteroatoms. The third-order valence-electron chi connectivity index (χ3n) is 3.86. The Balaban J connectivity index is 1.69. The predicted molar refractivity (Wildman–Crippen MR) is 60.6 cm³/mol. The first kappa shape index (κ1) is 10.9. The molecule has 1 saturated heterocycles. The van der Waals surface area contributed by atoms with E-state index in [-0.39, 0.29) is 0 Å². The van der Waals surface area contributed by atoms with Gasteiger partial charge in [0.15, 0.2) is 0 Å². The molecule has 2 fully saturated rings. The molecular weight excluding hydrogens is 188 g/mol. The lowest BCUT2D eigenvalue weighted by atomic mass is 9.84. The molecule has 1 heterocycles. The van der Waals surface area contributed by atoms with Gasteiger partial charge in [0.1, 0.15) is 0 Å². The van der Waals surface area contributed by atoms with Gasteiger partial charge in [-0.15, -0.1) is 0 Å². The zero-order valence-electron chi connectivity index (χ0n) is 9.67. The molecule has 3 nitrogen and oxygen atoms in total. The lowest BCUT2D eigenvalue weighted by Crippen LogP contribution is -2.47. The second-order valence-corrected chi connectivity index (χ2v) is 4.84. The number of carbonyl (C=O) groups is 1. The first-order valence-electron chi connectivity index (χ1n) is 6.32. The van der Waals surface area contributed by atoms with Gasteiger partial charge in [0.25, 0.3) is 0 Å². The summed E-state index contributed by atoms with van der Waals surface area (Å²) in [6, 6.07) is 0.445. The van der Waals surface area contributed by atoms with Crippen LogP contribution < -0.4 is 5.32 Å². The van der Waals surface area contributed by atoms with Crippen molar-refractivity contribution in [2.45, 2.75) is 45.1 Å². The average Bonchev–Trinajstić information content (AvgIpc) is 2.16. The normalized spacial score (nSPS) is 24.9. The third-order valence-corrected chi connectivity index (χ3v) is 3.86. The van der Waals surface area contributed by atoms with E-state index in [1.165, 1.54) is 6.42 Å². The van der Waals surface area contributed by atoms with Gasteiger partial charge in [-0.1, -0.05) is 13.3 Å². The quantitative estimate of drug-likeness (QED) is 0.763. The molecule has 0 aromatic rings. The Bertz CT molecular complexity index is 218. The summed E-state index contributed by atoms with van der Waals surface area (Å²) in [6.07, 6.45) is 5.73. The summed E-state index contributed by atoms with van der Waals surface area (Å²) in [7, 11) is 0. The number of hydrogen-bond acceptors (Lipinski definition) is 2. The van der Waals surface area contributed by atoms with Crippen LogP contribution in [0.3, 0.4) is 0 Å². The van der Waals surface area contributed by atoms with Crippen molar-refractivity contribution in [3.63, 3.8) is 0 Å². The van der Waals surface area contributed by atoms with Gasteiger partial charge in [-0.05, 0) is 32.2 Å². The van der Waals surface area contributed by atoms with E-state index < -0.39 is 0 Å². The van der Waals surface area contributed by atoms with E-state index in [2.05, 4.69) is 17.1 Å². The Morgan fingerprint density at radius 3 is 2.40 bits per heavy atom. The summed E-state index contributed by atoms with van der Waals surface area (Å²) in [5, 5.41) is 3.20. The highest BCUT2D eigenvalue weighted by atomic mass is 16.2. The van der Waals surface area contributed by atoms with Gasteiger partial charge in [0.05, 0.1) is 0 Å². The first-order chi connectivity index (χ1) is 7.29. The smallest absolute Gasteiger partial charge is 0.223 e. The number of rotatable bonds is 3. The van der Waals surface area contributed by atoms with Crippen LogP contribution in [0.25, 0.3) is 0 Å². The highest BCUT2D eigenvalue weighted by Gasteiger charge is 2.27. The fourth-order valence-corrected chi connectivity index (χ4v) is 2.38. The lowest BCUT2D eigenvalue weighted by molar-refractivity contribution is -0.128. The van der Waals surface area contributed by atoms with Gasteiger partial charge >= 0.3 is 0 Å². The van der Waals surface area contributed by atoms with Gasteiger partial charge in [-0.2, -0.15) is 0 Å². The molecule has 0 atom stereocenters. The Morgan fingerprint density at radius 2 is 1.93 bits per heavy atom. The molecule has 0 aromatic heterocycles. The Kier molecular flexibility index (Phi) is 3.62. The van der Waals surface area contributed by atoms with Gasteiger partial charge in [0.2, 0.25) is 5.91 Å². The van der Waals surface area contributed by atoms with Crippen molar-refractivity contribution in [2.75, 3.05) is 19.6 Å². The van der Waals surface area contributed by atoms with Crippen molar-refractivity contribution < 1.29 is 4.79 Å². The number of likely N-dealkylation sites (tertiary alicyclic amines) is 1. The minimum Gasteiger partial charge on any atom is -0.353 e. The van der Waals surface area contributed by atoms with Crippen molar-refractivity contribution in [1.29, 1.82) is 0 Å². The fourth-order valence-electron chi connectivity index (χ4n) is 2.38. The molecule has 1 aliphatic heterocycles. The summed E-state index contributed by atoms with van der Waals surface area (Å²) < 4.78 is 0. The maximum absolute atomic E-state index is 11.7. The van der Waals surface area contributed by atoms with Crippen molar-refractivity contribution >= 4 is 5.91 Å². The van der Waals surface area contributed by atoms with E-state index in [0.29, 0.717) is 17.9 Å². The summed E-state index contributed by atoms with van der Waals surface area (Å²) in [4.78, 5) is 14.2. The molecule has 0 aromatic carbocycles. The summed E-state index contributed by atoms with van der Waals surface area (Å²) >= 11 is 0. The van der Waals surface area contributed by atoms with Crippen LogP contribution in [0, 0.1) is 5.92 Å². The molecule has 1 saturated carbocycles. The minimum absolute atomic E-state index is 0.316. The van der Waals surface area contributed by atoms with Gasteiger partial charge in [-0.25, -0.2) is 0 Å². The third kappa shape index (κ3) is 2.71. The zero-order chi connectivity index (χ0) is 10.7. The van der Waals surface area contributed by atoms with Crippen molar-refractivity contribution in [3.8, 4) is 0 Å². The highest BCUT2D eigenvalue weighted by molar-refractivity contribution is 5.79. The Morgan fingerprint density at radius 1 is 1.27 bits per heavy atom. The van der Waals surface area contributed by atoms with Crippen LogP contribution in [0.2, 0.25) is 0 Å². The van der Waals surface area contributed by atoms with Crippen LogP contribution in [0.1, 0.15) is 39.0 Å². The van der Waals surface area contributed by atoms with E-state index in [4.69, 9.17) is 0 Å². The number of nitrogens with one attached hydrogen (secondary N) is 1. The number of nitrogens with zero attached hydrogens (tertiary/aromatic N) is 1. The zero-order valence-corrected chi connectivity index (χ0v) is 9.67. The molecule has 0 bridgehead atoms. The maximum atomic E-state index is 11.7. The molecule has 0 unspecified atom stereocenters. The monoisotopic (exact) mass is 210 g/mol. The topological polar surface area (TPSA) is 32.3 Å². The van der Waals surface area contributed by atoms with Crippen LogP contribution in [-0.4, -0.2) is 36.5 Å². The number of carbonyl (C=O) groups excluding carboxylic acids is 1. The summed E-state index contributed by atoms with van der Waals surface area (Å²) in [5.41, 5.74) is 0. The second-order valence-electron chi connectivity index (χ2n) is 4.84. The molecule has 86 valence electrons. The number of amides is 1. The van der Waals surface area contributed by atoms with Crippen molar-refractivity contribution in [3.05, 3.63) is 0 Å². The van der Waals surface area contributed by atoms with E-state index in [0.717, 1.165) is 45.3 Å². The van der Waals surface area contributed by atoms with E-state index in [9.17, 15) is 4.79 Å². The molecular formula is C12H22N2O. The van der Waals surface area contributed by atoms with Gasteiger partial charge in [0, 0.05) is 25.0 Å². The number of hydrogen-bond donors (Lipinski definition) is 1. The highest BCUT2D eigenvalue weighted by Crippen LogP contribution is 2.26. The summed E-state index contributed by atoms with van der Waals surface area (Å²) in [6.45, 7) is 5.63. The SMILES string of the molecule is CCN1CCC(NC(=O)C2CCC2)CC1. The van der Waals surface area contributed by atoms with Crippen molar-refractivity contribution in [1.82, 2.24) is 10.2 Å². The Hall–Kier alpha value is -0.570. The number of piperidine rings is 1. The minimum atomic E-state index is 0.316. The summed E-state index contributed by atoms with van der Waals surface area (Å²) in [5.74, 6) is 0.658. The molecule has 15 heavy (non-hydrogen) atoms. The predicted octanol–water partition coefficient (Wildman–Crippen LogP) is 1.39. The second kappa shape index (κ2) is 4.97. The van der Waals surface area contributed by atoms with Crippen LogP contribution in [-0.2, 0) is 4.79 Å². The molecule has 2 rings (SSSR count). The fraction of sp³-hybridized carbons (Fsp3) is 0.917. The maximum Gasteiger partial charge on any atom is 0.223 e. The molecule has 0 spiro atoms. The molecule has 2 aliphatic rings. The average molecular weight is 210 g/mol. The van der Waals surface area contributed by atoms with Crippen LogP contribution in [0.15, 0.2) is 0 Å². The standard InChI is InChI=1S/C12H22N2O/c1-2-14-8-6-11(7-9-14)13-12(15)10-4-3-5-10/h10-11H,2-9H2,1H3,(H,13,15). The van der Waals surface area contributed by atoms with Crippen LogP contribution in [0.4, 0.5) is 0 Å².